The summed E-state index contributed by atoms with van der Waals surface area (Å²) in [6.45, 7) is 0. The minimum absolute atomic E-state index is 0.215. The number of hydrogen-bond acceptors (Lipinski definition) is 2. The zero-order valence-electron chi connectivity index (χ0n) is 5.06. The summed E-state index contributed by atoms with van der Waals surface area (Å²) in [6.07, 6.45) is -3.68. The Hall–Kier alpha value is -0.840. The Morgan fingerprint density at radius 3 is 2.27 bits per heavy atom. The van der Waals surface area contributed by atoms with Gasteiger partial charge in [0.05, 0.1) is 0 Å². The fourth-order valence-electron chi connectivity index (χ4n) is 0.489. The third kappa shape index (κ3) is 2.04. The van der Waals surface area contributed by atoms with Gasteiger partial charge in [-0.3, -0.25) is 0 Å². The largest absolute Gasteiger partial charge is 0.433 e. The van der Waals surface area contributed by atoms with Gasteiger partial charge in [0.15, 0.2) is 0 Å². The second kappa shape index (κ2) is 2.65. The first-order chi connectivity index (χ1) is 5.00. The Bertz CT molecular complexity index is 260. The van der Waals surface area contributed by atoms with Crippen LogP contribution in [0.1, 0.15) is 5.69 Å². The van der Waals surface area contributed by atoms with Crippen LogP contribution in [0, 0.1) is 0 Å². The lowest BCUT2D eigenvalue weighted by Crippen LogP contribution is -2.07. The number of halogens is 4. The lowest BCUT2D eigenvalue weighted by atomic mass is 10.4. The fourth-order valence-corrected chi connectivity index (χ4v) is 0.636. The molecule has 1 aromatic heterocycles. The summed E-state index contributed by atoms with van der Waals surface area (Å²) >= 11 is 5.20. The fraction of sp³-hybridized carbons (Fsp3) is 0.200. The molecule has 0 atom stereocenters. The standard InChI is InChI=1S/C5H2ClF3N2/c6-4-1-3(5(7,8)9)10-2-11-4/h1-2H. The molecule has 1 rings (SSSR count). The topological polar surface area (TPSA) is 25.8 Å². The van der Waals surface area contributed by atoms with Gasteiger partial charge in [0.25, 0.3) is 0 Å². The van der Waals surface area contributed by atoms with Crippen LogP contribution in [0.15, 0.2) is 12.4 Å². The van der Waals surface area contributed by atoms with Crippen molar-refractivity contribution in [3.63, 3.8) is 0 Å². The summed E-state index contributed by atoms with van der Waals surface area (Å²) in [4.78, 5) is 6.30. The van der Waals surface area contributed by atoms with E-state index in [0.29, 0.717) is 6.07 Å². The normalized spacial score (nSPS) is 11.6. The minimum atomic E-state index is -4.45. The maximum Gasteiger partial charge on any atom is 0.433 e. The molecule has 0 amide bonds. The van der Waals surface area contributed by atoms with E-state index in [1.807, 2.05) is 0 Å². The predicted octanol–water partition coefficient (Wildman–Crippen LogP) is 2.15. The van der Waals surface area contributed by atoms with Crippen LogP contribution in [0.5, 0.6) is 0 Å². The van der Waals surface area contributed by atoms with E-state index < -0.39 is 11.9 Å². The average molecular weight is 183 g/mol. The number of alkyl halides is 3. The summed E-state index contributed by atoms with van der Waals surface area (Å²) in [5.74, 6) is 0. The van der Waals surface area contributed by atoms with E-state index in [0.717, 1.165) is 6.33 Å². The minimum Gasteiger partial charge on any atom is -0.232 e. The van der Waals surface area contributed by atoms with Crippen LogP contribution < -0.4 is 0 Å². The Morgan fingerprint density at radius 2 is 1.91 bits per heavy atom. The molecule has 0 N–H and O–H groups in total. The van der Waals surface area contributed by atoms with Gasteiger partial charge in [-0.2, -0.15) is 13.2 Å². The van der Waals surface area contributed by atoms with Gasteiger partial charge in [-0.15, -0.1) is 0 Å². The van der Waals surface area contributed by atoms with E-state index in [9.17, 15) is 13.2 Å². The monoisotopic (exact) mass is 182 g/mol. The van der Waals surface area contributed by atoms with Crippen LogP contribution in [0.2, 0.25) is 5.15 Å². The average Bonchev–Trinajstić information content (AvgIpc) is 1.86. The first kappa shape index (κ1) is 8.26. The van der Waals surface area contributed by atoms with Gasteiger partial charge < -0.3 is 0 Å². The van der Waals surface area contributed by atoms with Crippen molar-refractivity contribution in [1.82, 2.24) is 9.97 Å². The Labute approximate surface area is 65.0 Å². The molecule has 0 aliphatic rings. The molecule has 0 saturated carbocycles. The second-order valence-corrected chi connectivity index (χ2v) is 2.11. The maximum absolute atomic E-state index is 11.8. The number of nitrogens with zero attached hydrogens (tertiary/aromatic N) is 2. The van der Waals surface area contributed by atoms with Crippen molar-refractivity contribution in [1.29, 1.82) is 0 Å². The molecule has 0 aromatic carbocycles. The molecule has 1 heterocycles. The first-order valence-corrected chi connectivity index (χ1v) is 2.92. The van der Waals surface area contributed by atoms with E-state index >= 15 is 0 Å². The van der Waals surface area contributed by atoms with Crippen LogP contribution in [-0.2, 0) is 6.18 Å². The summed E-state index contributed by atoms with van der Waals surface area (Å²) in [7, 11) is 0. The van der Waals surface area contributed by atoms with Gasteiger partial charge in [0.2, 0.25) is 0 Å². The van der Waals surface area contributed by atoms with Crippen molar-refractivity contribution in [2.45, 2.75) is 6.18 Å². The molecule has 60 valence electrons. The highest BCUT2D eigenvalue weighted by Gasteiger charge is 2.32. The molecule has 11 heavy (non-hydrogen) atoms. The Morgan fingerprint density at radius 1 is 1.27 bits per heavy atom. The van der Waals surface area contributed by atoms with Gasteiger partial charge in [-0.1, -0.05) is 11.6 Å². The zero-order valence-corrected chi connectivity index (χ0v) is 5.82. The molecule has 1 aromatic rings. The van der Waals surface area contributed by atoms with Crippen molar-refractivity contribution in [3.05, 3.63) is 23.2 Å². The van der Waals surface area contributed by atoms with E-state index in [4.69, 9.17) is 11.6 Å². The molecule has 2 nitrogen and oxygen atoms in total. The van der Waals surface area contributed by atoms with Crippen molar-refractivity contribution in [2.24, 2.45) is 0 Å². The molecule has 0 radical (unpaired) electrons. The lowest BCUT2D eigenvalue weighted by Gasteiger charge is -2.03. The first-order valence-electron chi connectivity index (χ1n) is 2.55. The summed E-state index contributed by atoms with van der Waals surface area (Å²) in [5.41, 5.74) is -1.03. The van der Waals surface area contributed by atoms with Gasteiger partial charge in [0, 0.05) is 6.07 Å². The summed E-state index contributed by atoms with van der Waals surface area (Å²) in [6, 6.07) is 0.668. The number of rotatable bonds is 0. The maximum atomic E-state index is 11.8. The quantitative estimate of drug-likeness (QED) is 0.575. The second-order valence-electron chi connectivity index (χ2n) is 1.72. The molecular weight excluding hydrogens is 181 g/mol. The van der Waals surface area contributed by atoms with Crippen molar-refractivity contribution < 1.29 is 13.2 Å². The Kier molecular flexibility index (Phi) is 1.99. The smallest absolute Gasteiger partial charge is 0.232 e. The summed E-state index contributed by atoms with van der Waals surface area (Å²) < 4.78 is 35.5. The highest BCUT2D eigenvalue weighted by molar-refractivity contribution is 6.29. The van der Waals surface area contributed by atoms with Crippen LogP contribution in [-0.4, -0.2) is 9.97 Å². The molecule has 0 spiro atoms. The molecule has 0 unspecified atom stereocenters. The Balaban J connectivity index is 3.06. The summed E-state index contributed by atoms with van der Waals surface area (Å²) in [5, 5.41) is -0.215. The molecule has 0 bridgehead atoms. The van der Waals surface area contributed by atoms with Crippen LogP contribution in [0.3, 0.4) is 0 Å². The van der Waals surface area contributed by atoms with Gasteiger partial charge in [-0.25, -0.2) is 9.97 Å². The van der Waals surface area contributed by atoms with Gasteiger partial charge in [-0.05, 0) is 0 Å². The van der Waals surface area contributed by atoms with E-state index in [-0.39, 0.29) is 5.15 Å². The van der Waals surface area contributed by atoms with Crippen LogP contribution in [0.25, 0.3) is 0 Å². The van der Waals surface area contributed by atoms with Crippen molar-refractivity contribution in [2.75, 3.05) is 0 Å². The molecule has 0 saturated heterocycles. The number of hydrogen-bond donors (Lipinski definition) is 0. The molecule has 0 fully saturated rings. The highest BCUT2D eigenvalue weighted by Crippen LogP contribution is 2.27. The van der Waals surface area contributed by atoms with Crippen molar-refractivity contribution in [3.8, 4) is 0 Å². The molecule has 0 aliphatic carbocycles. The lowest BCUT2D eigenvalue weighted by molar-refractivity contribution is -0.141. The van der Waals surface area contributed by atoms with Gasteiger partial charge in [0.1, 0.15) is 17.2 Å². The van der Waals surface area contributed by atoms with E-state index in [2.05, 4.69) is 9.97 Å². The van der Waals surface area contributed by atoms with Crippen LogP contribution in [0.4, 0.5) is 13.2 Å². The highest BCUT2D eigenvalue weighted by atomic mass is 35.5. The zero-order chi connectivity index (χ0) is 8.48. The predicted molar refractivity (Wildman–Crippen MR) is 32.0 cm³/mol. The van der Waals surface area contributed by atoms with Gasteiger partial charge >= 0.3 is 6.18 Å². The van der Waals surface area contributed by atoms with E-state index in [1.165, 1.54) is 0 Å². The molecular formula is C5H2ClF3N2. The van der Waals surface area contributed by atoms with E-state index in [1.54, 1.807) is 0 Å². The number of aromatic nitrogens is 2. The third-order valence-electron chi connectivity index (χ3n) is 0.924. The molecule has 6 heteroatoms. The molecule has 0 aliphatic heterocycles. The SMILES string of the molecule is FC(F)(F)c1cc(Cl)ncn1. The third-order valence-corrected chi connectivity index (χ3v) is 1.13. The van der Waals surface area contributed by atoms with Crippen molar-refractivity contribution >= 4 is 11.6 Å². The van der Waals surface area contributed by atoms with Crippen LogP contribution >= 0.6 is 11.6 Å².